The van der Waals surface area contributed by atoms with Crippen LogP contribution in [0.5, 0.6) is 0 Å². The zero-order chi connectivity index (χ0) is 13.2. The van der Waals surface area contributed by atoms with Gasteiger partial charge < -0.3 is 0 Å². The topological polar surface area (TPSA) is 51.2 Å². The first-order valence-corrected chi connectivity index (χ1v) is 7.66. The van der Waals surface area contributed by atoms with Crippen molar-refractivity contribution in [1.82, 2.24) is 0 Å². The van der Waals surface area contributed by atoms with Gasteiger partial charge in [-0.2, -0.15) is 0 Å². The number of hydrogen-bond acceptors (Lipinski definition) is 3. The molecule has 1 aliphatic carbocycles. The van der Waals surface area contributed by atoms with E-state index < -0.39 is 15.1 Å². The largest absolute Gasteiger partial charge is 0.300 e. The number of sulfone groups is 1. The Morgan fingerprint density at radius 1 is 1.11 bits per heavy atom. The quantitative estimate of drug-likeness (QED) is 0.846. The Kier molecular flexibility index (Phi) is 3.80. The van der Waals surface area contributed by atoms with E-state index in [0.717, 1.165) is 0 Å². The Balaban J connectivity index is 2.07. The lowest BCUT2D eigenvalue weighted by molar-refractivity contribution is -0.120. The van der Waals surface area contributed by atoms with Crippen LogP contribution in [0.4, 0.5) is 4.39 Å². The molecule has 0 saturated heterocycles. The van der Waals surface area contributed by atoms with Gasteiger partial charge in [-0.15, -0.1) is 0 Å². The van der Waals surface area contributed by atoms with Crippen molar-refractivity contribution in [1.29, 1.82) is 0 Å². The smallest absolute Gasteiger partial charge is 0.157 e. The molecule has 1 saturated carbocycles. The summed E-state index contributed by atoms with van der Waals surface area (Å²) in [4.78, 5) is 11.1. The standard InChI is InChI=1S/C13H15FO3S/c14-11-3-1-10(2-4-11)9-18(16,17)13-7-5-12(15)6-8-13/h1-4,13H,5-9H2. The van der Waals surface area contributed by atoms with Crippen molar-refractivity contribution in [2.24, 2.45) is 0 Å². The summed E-state index contributed by atoms with van der Waals surface area (Å²) in [7, 11) is -3.25. The number of rotatable bonds is 3. The molecule has 0 N–H and O–H groups in total. The van der Waals surface area contributed by atoms with Gasteiger partial charge in [0.1, 0.15) is 11.6 Å². The van der Waals surface area contributed by atoms with Gasteiger partial charge in [0.25, 0.3) is 0 Å². The zero-order valence-electron chi connectivity index (χ0n) is 9.93. The second kappa shape index (κ2) is 5.18. The van der Waals surface area contributed by atoms with Gasteiger partial charge in [0.05, 0.1) is 11.0 Å². The summed E-state index contributed by atoms with van der Waals surface area (Å²) in [5.41, 5.74) is 0.591. The predicted molar refractivity (Wildman–Crippen MR) is 66.3 cm³/mol. The first kappa shape index (κ1) is 13.2. The molecule has 0 atom stereocenters. The average molecular weight is 270 g/mol. The van der Waals surface area contributed by atoms with E-state index in [4.69, 9.17) is 0 Å². The monoisotopic (exact) mass is 270 g/mol. The molecule has 1 aromatic rings. The minimum absolute atomic E-state index is 0.0772. The summed E-state index contributed by atoms with van der Waals surface area (Å²) in [5, 5.41) is -0.430. The van der Waals surface area contributed by atoms with Crippen LogP contribution in [0.25, 0.3) is 0 Å². The first-order valence-electron chi connectivity index (χ1n) is 5.95. The number of halogens is 1. The molecule has 0 amide bonds. The van der Waals surface area contributed by atoms with E-state index in [0.29, 0.717) is 31.2 Å². The molecule has 0 unspecified atom stereocenters. The molecular weight excluding hydrogens is 255 g/mol. The normalized spacial score (nSPS) is 17.9. The van der Waals surface area contributed by atoms with Crippen molar-refractivity contribution < 1.29 is 17.6 Å². The van der Waals surface area contributed by atoms with Crippen molar-refractivity contribution >= 4 is 15.6 Å². The van der Waals surface area contributed by atoms with Crippen molar-refractivity contribution in [3.63, 3.8) is 0 Å². The summed E-state index contributed by atoms with van der Waals surface area (Å²) < 4.78 is 37.0. The summed E-state index contributed by atoms with van der Waals surface area (Å²) in [6, 6.07) is 5.49. The number of carbonyl (C=O) groups is 1. The van der Waals surface area contributed by atoms with Crippen LogP contribution in [-0.2, 0) is 20.4 Å². The highest BCUT2D eigenvalue weighted by molar-refractivity contribution is 7.91. The molecule has 98 valence electrons. The Morgan fingerprint density at radius 2 is 1.67 bits per heavy atom. The van der Waals surface area contributed by atoms with E-state index >= 15 is 0 Å². The molecular formula is C13H15FO3S. The molecule has 5 heteroatoms. The van der Waals surface area contributed by atoms with Gasteiger partial charge >= 0.3 is 0 Å². The average Bonchev–Trinajstić information content (AvgIpc) is 2.32. The molecule has 0 bridgehead atoms. The third kappa shape index (κ3) is 3.16. The molecule has 3 nitrogen and oxygen atoms in total. The van der Waals surface area contributed by atoms with Gasteiger partial charge in [-0.1, -0.05) is 12.1 Å². The van der Waals surface area contributed by atoms with Gasteiger partial charge in [-0.25, -0.2) is 12.8 Å². The summed E-state index contributed by atoms with van der Waals surface area (Å²) >= 11 is 0. The molecule has 1 aliphatic rings. The van der Waals surface area contributed by atoms with E-state index in [1.54, 1.807) is 0 Å². The van der Waals surface area contributed by atoms with Gasteiger partial charge in [0.2, 0.25) is 0 Å². The van der Waals surface area contributed by atoms with Crippen LogP contribution in [0.2, 0.25) is 0 Å². The zero-order valence-corrected chi connectivity index (χ0v) is 10.7. The van der Waals surface area contributed by atoms with Crippen LogP contribution in [0.1, 0.15) is 31.2 Å². The fraction of sp³-hybridized carbons (Fsp3) is 0.462. The van der Waals surface area contributed by atoms with E-state index in [2.05, 4.69) is 0 Å². The SMILES string of the molecule is O=C1CCC(S(=O)(=O)Cc2ccc(F)cc2)CC1. The lowest BCUT2D eigenvalue weighted by Gasteiger charge is -2.21. The van der Waals surface area contributed by atoms with Gasteiger partial charge in [-0.05, 0) is 30.5 Å². The minimum atomic E-state index is -3.25. The van der Waals surface area contributed by atoms with Crippen LogP contribution >= 0.6 is 0 Å². The van der Waals surface area contributed by atoms with E-state index in [-0.39, 0.29) is 17.4 Å². The summed E-state index contributed by atoms with van der Waals surface area (Å²) in [6.07, 6.45) is 1.55. The molecule has 0 aromatic heterocycles. The maximum Gasteiger partial charge on any atom is 0.157 e. The van der Waals surface area contributed by atoms with Crippen LogP contribution in [0.3, 0.4) is 0 Å². The van der Waals surface area contributed by atoms with Crippen LogP contribution in [-0.4, -0.2) is 19.5 Å². The third-order valence-corrected chi connectivity index (χ3v) is 5.50. The van der Waals surface area contributed by atoms with Gasteiger partial charge in [0.15, 0.2) is 9.84 Å². The third-order valence-electron chi connectivity index (χ3n) is 3.28. The number of benzene rings is 1. The van der Waals surface area contributed by atoms with Gasteiger partial charge in [-0.3, -0.25) is 4.79 Å². The molecule has 0 radical (unpaired) electrons. The number of hydrogen-bond donors (Lipinski definition) is 0. The highest BCUT2D eigenvalue weighted by atomic mass is 32.2. The highest BCUT2D eigenvalue weighted by Crippen LogP contribution is 2.24. The molecule has 18 heavy (non-hydrogen) atoms. The fourth-order valence-electron chi connectivity index (χ4n) is 2.20. The van der Waals surface area contributed by atoms with Crippen molar-refractivity contribution in [3.05, 3.63) is 35.6 Å². The lowest BCUT2D eigenvalue weighted by Crippen LogP contribution is -2.28. The van der Waals surface area contributed by atoms with Crippen LogP contribution < -0.4 is 0 Å². The Bertz CT molecular complexity index is 524. The van der Waals surface area contributed by atoms with Gasteiger partial charge in [0, 0.05) is 12.8 Å². The second-order valence-corrected chi connectivity index (χ2v) is 6.95. The Hall–Kier alpha value is -1.23. The van der Waals surface area contributed by atoms with E-state index in [9.17, 15) is 17.6 Å². The first-order chi connectivity index (χ1) is 8.47. The van der Waals surface area contributed by atoms with Crippen LogP contribution in [0.15, 0.2) is 24.3 Å². The molecule has 1 fully saturated rings. The number of carbonyl (C=O) groups excluding carboxylic acids is 1. The predicted octanol–water partition coefficient (Wildman–Crippen LogP) is 2.25. The fourth-order valence-corrected chi connectivity index (χ4v) is 4.05. The molecule has 0 spiro atoms. The Labute approximate surface area is 106 Å². The number of ketones is 1. The molecule has 0 heterocycles. The van der Waals surface area contributed by atoms with E-state index in [1.165, 1.54) is 24.3 Å². The molecule has 2 rings (SSSR count). The Morgan fingerprint density at radius 3 is 2.22 bits per heavy atom. The lowest BCUT2D eigenvalue weighted by atomic mass is 9.99. The van der Waals surface area contributed by atoms with E-state index in [1.807, 2.05) is 0 Å². The highest BCUT2D eigenvalue weighted by Gasteiger charge is 2.29. The van der Waals surface area contributed by atoms with Crippen molar-refractivity contribution in [2.45, 2.75) is 36.7 Å². The van der Waals surface area contributed by atoms with Crippen molar-refractivity contribution in [2.75, 3.05) is 0 Å². The maximum atomic E-state index is 12.7. The number of Topliss-reactive ketones (excluding diaryl/α,β-unsaturated/α-hetero) is 1. The summed E-state index contributed by atoms with van der Waals surface area (Å²) in [5.74, 6) is -0.311. The molecule has 0 aliphatic heterocycles. The molecule has 1 aromatic carbocycles. The second-order valence-electron chi connectivity index (χ2n) is 4.67. The van der Waals surface area contributed by atoms with Crippen molar-refractivity contribution in [3.8, 4) is 0 Å². The summed E-state index contributed by atoms with van der Waals surface area (Å²) in [6.45, 7) is 0. The maximum absolute atomic E-state index is 12.7. The van der Waals surface area contributed by atoms with Crippen LogP contribution in [0, 0.1) is 5.82 Å². The minimum Gasteiger partial charge on any atom is -0.300 e.